The van der Waals surface area contributed by atoms with Gasteiger partial charge in [0, 0.05) is 17.7 Å². The molecule has 1 amide bonds. The number of ketones is 1. The van der Waals surface area contributed by atoms with E-state index in [1.54, 1.807) is 36.0 Å². The van der Waals surface area contributed by atoms with E-state index in [0.29, 0.717) is 29.2 Å². The summed E-state index contributed by atoms with van der Waals surface area (Å²) in [7, 11) is 0. The van der Waals surface area contributed by atoms with Crippen molar-refractivity contribution in [2.24, 2.45) is 0 Å². The second kappa shape index (κ2) is 10.7. The van der Waals surface area contributed by atoms with Crippen molar-refractivity contribution < 1.29 is 23.5 Å². The number of furan rings is 1. The van der Waals surface area contributed by atoms with Crippen molar-refractivity contribution in [2.45, 2.75) is 47.1 Å². The van der Waals surface area contributed by atoms with Crippen LogP contribution in [0, 0.1) is 39.0 Å². The molecule has 0 spiro atoms. The molecule has 176 valence electrons. The normalized spacial score (nSPS) is 10.6. The third kappa shape index (κ3) is 5.62. The topological polar surface area (TPSA) is 114 Å². The Balaban J connectivity index is 1.59. The standard InChI is InChI=1S/C26H27N3O5/c1-16-7-8-17(2)21(12-16)23(30)9-10-25(32)34-15-24(31)28-26-22(13-27)18(3)19(4)29(26)14-20-6-5-11-33-20/h5-8,11-12H,9-10,14-15H2,1-4H3,(H,28,31). The predicted octanol–water partition coefficient (Wildman–Crippen LogP) is 4.38. The predicted molar refractivity (Wildman–Crippen MR) is 126 cm³/mol. The molecule has 3 aromatic rings. The van der Waals surface area contributed by atoms with Crippen LogP contribution in [0.2, 0.25) is 0 Å². The summed E-state index contributed by atoms with van der Waals surface area (Å²) in [6.45, 7) is 7.20. The number of nitriles is 1. The first-order valence-corrected chi connectivity index (χ1v) is 10.9. The summed E-state index contributed by atoms with van der Waals surface area (Å²) in [6.07, 6.45) is 1.42. The molecule has 0 bridgehead atoms. The van der Waals surface area contributed by atoms with Gasteiger partial charge in [-0.3, -0.25) is 14.4 Å². The summed E-state index contributed by atoms with van der Waals surface area (Å²) in [4.78, 5) is 37.1. The molecule has 0 saturated heterocycles. The van der Waals surface area contributed by atoms with E-state index in [-0.39, 0.29) is 18.6 Å². The van der Waals surface area contributed by atoms with E-state index in [9.17, 15) is 19.6 Å². The van der Waals surface area contributed by atoms with Crippen LogP contribution in [0.1, 0.15) is 56.9 Å². The number of aromatic nitrogens is 1. The summed E-state index contributed by atoms with van der Waals surface area (Å²) < 4.78 is 12.2. The summed E-state index contributed by atoms with van der Waals surface area (Å²) in [6, 6.07) is 11.3. The number of carbonyl (C=O) groups is 3. The smallest absolute Gasteiger partial charge is 0.306 e. The van der Waals surface area contributed by atoms with Gasteiger partial charge in [0.2, 0.25) is 0 Å². The fourth-order valence-electron chi connectivity index (χ4n) is 3.66. The van der Waals surface area contributed by atoms with Crippen molar-refractivity contribution in [1.82, 2.24) is 4.57 Å². The highest BCUT2D eigenvalue weighted by Crippen LogP contribution is 2.27. The number of rotatable bonds is 9. The minimum Gasteiger partial charge on any atom is -0.467 e. The van der Waals surface area contributed by atoms with Crippen LogP contribution in [0.5, 0.6) is 0 Å². The molecule has 0 fully saturated rings. The van der Waals surface area contributed by atoms with E-state index in [2.05, 4.69) is 11.4 Å². The number of anilines is 1. The van der Waals surface area contributed by atoms with E-state index in [0.717, 1.165) is 22.4 Å². The Kier molecular flexibility index (Phi) is 7.69. The monoisotopic (exact) mass is 461 g/mol. The fourth-order valence-corrected chi connectivity index (χ4v) is 3.66. The molecule has 34 heavy (non-hydrogen) atoms. The van der Waals surface area contributed by atoms with Gasteiger partial charge in [0.25, 0.3) is 5.91 Å². The number of hydrogen-bond acceptors (Lipinski definition) is 6. The maximum absolute atomic E-state index is 12.5. The molecule has 0 radical (unpaired) electrons. The van der Waals surface area contributed by atoms with Gasteiger partial charge in [-0.25, -0.2) is 0 Å². The molecule has 1 aromatic carbocycles. The van der Waals surface area contributed by atoms with Gasteiger partial charge >= 0.3 is 5.97 Å². The number of carbonyl (C=O) groups excluding carboxylic acids is 3. The van der Waals surface area contributed by atoms with E-state index in [4.69, 9.17) is 9.15 Å². The zero-order chi connectivity index (χ0) is 24.8. The molecule has 0 aliphatic rings. The molecule has 8 heteroatoms. The van der Waals surface area contributed by atoms with Crippen LogP contribution in [-0.2, 0) is 20.9 Å². The first-order chi connectivity index (χ1) is 16.2. The maximum atomic E-state index is 12.5. The van der Waals surface area contributed by atoms with E-state index >= 15 is 0 Å². The Morgan fingerprint density at radius 2 is 1.88 bits per heavy atom. The number of hydrogen-bond donors (Lipinski definition) is 1. The molecule has 1 N–H and O–H groups in total. The summed E-state index contributed by atoms with van der Waals surface area (Å²) in [5.74, 6) is -0.391. The van der Waals surface area contributed by atoms with Crippen LogP contribution in [-0.4, -0.2) is 28.8 Å². The average Bonchev–Trinajstić information content (AvgIpc) is 3.40. The van der Waals surface area contributed by atoms with Crippen molar-refractivity contribution in [1.29, 1.82) is 5.26 Å². The highest BCUT2D eigenvalue weighted by Gasteiger charge is 2.21. The Labute approximate surface area is 198 Å². The maximum Gasteiger partial charge on any atom is 0.306 e. The first kappa shape index (κ1) is 24.5. The number of nitrogens with one attached hydrogen (secondary N) is 1. The van der Waals surface area contributed by atoms with Gasteiger partial charge in [-0.15, -0.1) is 0 Å². The molecule has 2 heterocycles. The van der Waals surface area contributed by atoms with Crippen molar-refractivity contribution in [3.8, 4) is 6.07 Å². The number of esters is 1. The summed E-state index contributed by atoms with van der Waals surface area (Å²) in [5.41, 5.74) is 4.28. The zero-order valence-electron chi connectivity index (χ0n) is 19.7. The van der Waals surface area contributed by atoms with Crippen LogP contribution in [0.15, 0.2) is 41.0 Å². The van der Waals surface area contributed by atoms with Crippen LogP contribution >= 0.6 is 0 Å². The minimum atomic E-state index is -0.646. The molecule has 0 aliphatic carbocycles. The third-order valence-corrected chi connectivity index (χ3v) is 5.71. The largest absolute Gasteiger partial charge is 0.467 e. The average molecular weight is 462 g/mol. The second-order valence-corrected chi connectivity index (χ2v) is 8.16. The third-order valence-electron chi connectivity index (χ3n) is 5.71. The van der Waals surface area contributed by atoms with Gasteiger partial charge < -0.3 is 19.0 Å². The van der Waals surface area contributed by atoms with Gasteiger partial charge in [-0.1, -0.05) is 17.7 Å². The van der Waals surface area contributed by atoms with Crippen molar-refractivity contribution in [3.05, 3.63) is 75.9 Å². The SMILES string of the molecule is Cc1ccc(C)c(C(=O)CCC(=O)OCC(=O)Nc2c(C#N)c(C)c(C)n2Cc2ccco2)c1. The van der Waals surface area contributed by atoms with Gasteiger partial charge in [-0.05, 0) is 57.0 Å². The molecule has 0 saturated carbocycles. The van der Waals surface area contributed by atoms with E-state index in [1.807, 2.05) is 32.9 Å². The molecule has 3 rings (SSSR count). The lowest BCUT2D eigenvalue weighted by molar-refractivity contribution is -0.147. The Hall–Kier alpha value is -4.12. The number of aryl methyl sites for hydroxylation is 2. The van der Waals surface area contributed by atoms with Crippen LogP contribution in [0.25, 0.3) is 0 Å². The number of amides is 1. The van der Waals surface area contributed by atoms with E-state index in [1.165, 1.54) is 0 Å². The number of Topliss-reactive ketones (excluding diaryl/α,β-unsaturated/α-hetero) is 1. The molecule has 0 aliphatic heterocycles. The summed E-state index contributed by atoms with van der Waals surface area (Å²) >= 11 is 0. The molecular formula is C26H27N3O5. The highest BCUT2D eigenvalue weighted by molar-refractivity contribution is 5.99. The van der Waals surface area contributed by atoms with Crippen LogP contribution < -0.4 is 5.32 Å². The number of nitrogens with zero attached hydrogens (tertiary/aromatic N) is 2. The number of ether oxygens (including phenoxy) is 1. The zero-order valence-corrected chi connectivity index (χ0v) is 19.7. The molecule has 2 aromatic heterocycles. The molecule has 0 atom stereocenters. The molecular weight excluding hydrogens is 434 g/mol. The fraction of sp³-hybridized carbons (Fsp3) is 0.308. The Morgan fingerprint density at radius 1 is 1.12 bits per heavy atom. The Bertz CT molecular complexity index is 1260. The van der Waals surface area contributed by atoms with Gasteiger partial charge in [0.15, 0.2) is 12.4 Å². The molecule has 0 unspecified atom stereocenters. The second-order valence-electron chi connectivity index (χ2n) is 8.16. The van der Waals surface area contributed by atoms with Crippen LogP contribution in [0.3, 0.4) is 0 Å². The molecule has 8 nitrogen and oxygen atoms in total. The first-order valence-electron chi connectivity index (χ1n) is 10.9. The lowest BCUT2D eigenvalue weighted by Gasteiger charge is -2.12. The Morgan fingerprint density at radius 3 is 2.56 bits per heavy atom. The lowest BCUT2D eigenvalue weighted by Crippen LogP contribution is -2.23. The highest BCUT2D eigenvalue weighted by atomic mass is 16.5. The van der Waals surface area contributed by atoms with Crippen molar-refractivity contribution in [2.75, 3.05) is 11.9 Å². The van der Waals surface area contributed by atoms with Gasteiger partial charge in [0.05, 0.1) is 24.8 Å². The van der Waals surface area contributed by atoms with Gasteiger partial charge in [0.1, 0.15) is 17.6 Å². The summed E-state index contributed by atoms with van der Waals surface area (Å²) in [5, 5.41) is 12.3. The van der Waals surface area contributed by atoms with Crippen LogP contribution in [0.4, 0.5) is 5.82 Å². The van der Waals surface area contributed by atoms with E-state index < -0.39 is 18.5 Å². The van der Waals surface area contributed by atoms with Crippen molar-refractivity contribution in [3.63, 3.8) is 0 Å². The number of benzene rings is 1. The van der Waals surface area contributed by atoms with Gasteiger partial charge in [-0.2, -0.15) is 5.26 Å². The minimum absolute atomic E-state index is 0.00624. The lowest BCUT2D eigenvalue weighted by atomic mass is 9.99. The quantitative estimate of drug-likeness (QED) is 0.374. The van der Waals surface area contributed by atoms with Crippen molar-refractivity contribution >= 4 is 23.5 Å².